The van der Waals surface area contributed by atoms with Crippen LogP contribution >= 0.6 is 0 Å². The molecular formula is C19H17N3O4. The summed E-state index contributed by atoms with van der Waals surface area (Å²) >= 11 is 0. The molecule has 7 nitrogen and oxygen atoms in total. The number of amides is 1. The second-order valence-electron chi connectivity index (χ2n) is 5.47. The average Bonchev–Trinajstić information content (AvgIpc) is 3.09. The van der Waals surface area contributed by atoms with Crippen LogP contribution in [0.5, 0.6) is 0 Å². The van der Waals surface area contributed by atoms with Gasteiger partial charge in [0.15, 0.2) is 0 Å². The maximum absolute atomic E-state index is 12.5. The van der Waals surface area contributed by atoms with Crippen LogP contribution in [0.1, 0.15) is 33.5 Å². The monoisotopic (exact) mass is 351 g/mol. The van der Waals surface area contributed by atoms with E-state index in [0.29, 0.717) is 40.7 Å². The fraction of sp³-hybridized carbons (Fsp3) is 0.158. The maximum atomic E-state index is 12.5. The first-order chi connectivity index (χ1) is 12.6. The number of rotatable bonds is 5. The SMILES string of the molecule is CCOC(=O)c1ccc(NC(=O)c2cccc(-c3noc(C)n3)c2)cc1. The smallest absolute Gasteiger partial charge is 0.338 e. The van der Waals surface area contributed by atoms with Gasteiger partial charge in [-0.25, -0.2) is 4.79 Å². The topological polar surface area (TPSA) is 94.3 Å². The highest BCUT2D eigenvalue weighted by molar-refractivity contribution is 6.05. The number of ether oxygens (including phenoxy) is 1. The number of aromatic nitrogens is 2. The van der Waals surface area contributed by atoms with Crippen molar-refractivity contribution < 1.29 is 18.8 Å². The number of aryl methyl sites for hydroxylation is 1. The Morgan fingerprint density at radius 1 is 1.12 bits per heavy atom. The van der Waals surface area contributed by atoms with Gasteiger partial charge in [-0.1, -0.05) is 17.3 Å². The summed E-state index contributed by atoms with van der Waals surface area (Å²) in [6.07, 6.45) is 0. The number of nitrogens with one attached hydrogen (secondary N) is 1. The lowest BCUT2D eigenvalue weighted by Gasteiger charge is -2.07. The lowest BCUT2D eigenvalue weighted by atomic mass is 10.1. The Balaban J connectivity index is 1.73. The zero-order valence-corrected chi connectivity index (χ0v) is 14.4. The van der Waals surface area contributed by atoms with Crippen LogP contribution in [0.25, 0.3) is 11.4 Å². The first kappa shape index (κ1) is 17.3. The Morgan fingerprint density at radius 3 is 2.54 bits per heavy atom. The normalized spacial score (nSPS) is 10.4. The van der Waals surface area contributed by atoms with E-state index in [4.69, 9.17) is 9.26 Å². The molecule has 1 aromatic heterocycles. The number of esters is 1. The van der Waals surface area contributed by atoms with E-state index in [-0.39, 0.29) is 5.91 Å². The summed E-state index contributed by atoms with van der Waals surface area (Å²) in [6.45, 7) is 3.76. The minimum absolute atomic E-state index is 0.282. The first-order valence-corrected chi connectivity index (χ1v) is 8.06. The number of hydrogen-bond acceptors (Lipinski definition) is 6. The van der Waals surface area contributed by atoms with Crippen molar-refractivity contribution >= 4 is 17.6 Å². The highest BCUT2D eigenvalue weighted by Crippen LogP contribution is 2.18. The Morgan fingerprint density at radius 2 is 1.88 bits per heavy atom. The van der Waals surface area contributed by atoms with Crippen molar-refractivity contribution in [2.45, 2.75) is 13.8 Å². The summed E-state index contributed by atoms with van der Waals surface area (Å²) in [7, 11) is 0. The molecular weight excluding hydrogens is 334 g/mol. The summed E-state index contributed by atoms with van der Waals surface area (Å²) in [5.41, 5.74) is 2.15. The van der Waals surface area contributed by atoms with Crippen LogP contribution < -0.4 is 5.32 Å². The maximum Gasteiger partial charge on any atom is 0.338 e. The predicted octanol–water partition coefficient (Wildman–Crippen LogP) is 3.47. The Hall–Kier alpha value is -3.48. The zero-order valence-electron chi connectivity index (χ0n) is 14.4. The second-order valence-corrected chi connectivity index (χ2v) is 5.47. The van der Waals surface area contributed by atoms with Gasteiger partial charge in [0, 0.05) is 23.7 Å². The van der Waals surface area contributed by atoms with Gasteiger partial charge in [-0.3, -0.25) is 4.79 Å². The molecule has 7 heteroatoms. The van der Waals surface area contributed by atoms with Gasteiger partial charge in [0.1, 0.15) is 0 Å². The molecule has 0 aliphatic rings. The molecule has 132 valence electrons. The molecule has 0 atom stereocenters. The van der Waals surface area contributed by atoms with Gasteiger partial charge >= 0.3 is 5.97 Å². The van der Waals surface area contributed by atoms with E-state index >= 15 is 0 Å². The zero-order chi connectivity index (χ0) is 18.5. The molecule has 0 unspecified atom stereocenters. The number of nitrogens with zero attached hydrogens (tertiary/aromatic N) is 2. The highest BCUT2D eigenvalue weighted by atomic mass is 16.5. The third kappa shape index (κ3) is 3.94. The summed E-state index contributed by atoms with van der Waals surface area (Å²) in [6, 6.07) is 13.4. The lowest BCUT2D eigenvalue weighted by Crippen LogP contribution is -2.12. The van der Waals surface area contributed by atoms with Crippen LogP contribution in [-0.4, -0.2) is 28.6 Å². The Kier molecular flexibility index (Phi) is 5.07. The molecule has 0 saturated carbocycles. The van der Waals surface area contributed by atoms with E-state index in [1.807, 2.05) is 0 Å². The molecule has 0 saturated heterocycles. The van der Waals surface area contributed by atoms with Crippen molar-refractivity contribution in [1.29, 1.82) is 0 Å². The number of carbonyl (C=O) groups excluding carboxylic acids is 2. The standard InChI is InChI=1S/C19H17N3O4/c1-3-25-19(24)13-7-9-16(10-8-13)21-18(23)15-6-4-5-14(11-15)17-20-12(2)26-22-17/h4-11H,3H2,1-2H3,(H,21,23). The van der Waals surface area contributed by atoms with Crippen molar-refractivity contribution in [3.63, 3.8) is 0 Å². The summed E-state index contributed by atoms with van der Waals surface area (Å²) in [5, 5.41) is 6.64. The van der Waals surface area contributed by atoms with Crippen molar-refractivity contribution in [2.24, 2.45) is 0 Å². The molecule has 3 rings (SSSR count). The lowest BCUT2D eigenvalue weighted by molar-refractivity contribution is 0.0526. The third-order valence-corrected chi connectivity index (χ3v) is 3.56. The summed E-state index contributed by atoms with van der Waals surface area (Å²) in [4.78, 5) is 28.3. The van der Waals surface area contributed by atoms with Gasteiger partial charge in [0.05, 0.1) is 12.2 Å². The number of benzene rings is 2. The molecule has 0 aliphatic carbocycles. The first-order valence-electron chi connectivity index (χ1n) is 8.06. The molecule has 3 aromatic rings. The molecule has 26 heavy (non-hydrogen) atoms. The van der Waals surface area contributed by atoms with Crippen LogP contribution in [-0.2, 0) is 4.74 Å². The largest absolute Gasteiger partial charge is 0.462 e. The molecule has 1 N–H and O–H groups in total. The van der Waals surface area contributed by atoms with E-state index in [2.05, 4.69) is 15.5 Å². The highest BCUT2D eigenvalue weighted by Gasteiger charge is 2.11. The van der Waals surface area contributed by atoms with E-state index in [0.717, 1.165) is 0 Å². The van der Waals surface area contributed by atoms with Gasteiger partial charge in [0.2, 0.25) is 11.7 Å². The van der Waals surface area contributed by atoms with Crippen LogP contribution in [0.15, 0.2) is 53.1 Å². The molecule has 0 aliphatic heterocycles. The van der Waals surface area contributed by atoms with E-state index in [1.54, 1.807) is 62.4 Å². The van der Waals surface area contributed by atoms with Gasteiger partial charge in [-0.2, -0.15) is 4.98 Å². The average molecular weight is 351 g/mol. The molecule has 2 aromatic carbocycles. The number of hydrogen-bond donors (Lipinski definition) is 1. The van der Waals surface area contributed by atoms with Crippen molar-refractivity contribution in [3.8, 4) is 11.4 Å². The van der Waals surface area contributed by atoms with Gasteiger partial charge in [-0.15, -0.1) is 0 Å². The van der Waals surface area contributed by atoms with Gasteiger partial charge in [0.25, 0.3) is 5.91 Å². The van der Waals surface area contributed by atoms with Crippen LogP contribution in [0, 0.1) is 6.92 Å². The van der Waals surface area contributed by atoms with Gasteiger partial charge in [-0.05, 0) is 43.3 Å². The third-order valence-electron chi connectivity index (χ3n) is 3.56. The fourth-order valence-corrected chi connectivity index (χ4v) is 2.32. The van der Waals surface area contributed by atoms with Crippen molar-refractivity contribution in [3.05, 3.63) is 65.5 Å². The molecule has 0 spiro atoms. The van der Waals surface area contributed by atoms with E-state index < -0.39 is 5.97 Å². The van der Waals surface area contributed by atoms with Crippen molar-refractivity contribution in [2.75, 3.05) is 11.9 Å². The Bertz CT molecular complexity index is 932. The number of carbonyl (C=O) groups is 2. The molecule has 1 amide bonds. The molecule has 0 fully saturated rings. The van der Waals surface area contributed by atoms with Crippen LogP contribution in [0.3, 0.4) is 0 Å². The summed E-state index contributed by atoms with van der Waals surface area (Å²) < 4.78 is 9.89. The summed E-state index contributed by atoms with van der Waals surface area (Å²) in [5.74, 6) is 0.205. The molecule has 1 heterocycles. The van der Waals surface area contributed by atoms with E-state index in [9.17, 15) is 9.59 Å². The van der Waals surface area contributed by atoms with Gasteiger partial charge < -0.3 is 14.6 Å². The van der Waals surface area contributed by atoms with Crippen molar-refractivity contribution in [1.82, 2.24) is 10.1 Å². The fourth-order valence-electron chi connectivity index (χ4n) is 2.32. The Labute approximate surface area is 150 Å². The predicted molar refractivity (Wildman–Crippen MR) is 94.8 cm³/mol. The minimum Gasteiger partial charge on any atom is -0.462 e. The minimum atomic E-state index is -0.395. The quantitative estimate of drug-likeness (QED) is 0.707. The van der Waals surface area contributed by atoms with Crippen LogP contribution in [0.2, 0.25) is 0 Å². The molecule has 0 bridgehead atoms. The second kappa shape index (κ2) is 7.60. The van der Waals surface area contributed by atoms with Crippen LogP contribution in [0.4, 0.5) is 5.69 Å². The number of anilines is 1. The molecule has 0 radical (unpaired) electrons. The van der Waals surface area contributed by atoms with E-state index in [1.165, 1.54) is 0 Å².